The minimum absolute atomic E-state index is 0.0508. The van der Waals surface area contributed by atoms with Crippen molar-refractivity contribution in [1.29, 1.82) is 0 Å². The lowest BCUT2D eigenvalue weighted by Gasteiger charge is -2.34. The molecule has 8 heteroatoms. The summed E-state index contributed by atoms with van der Waals surface area (Å²) in [5, 5.41) is 0. The minimum atomic E-state index is -3.18. The molecular formula is C20H20FNO5S. The van der Waals surface area contributed by atoms with Gasteiger partial charge in [0.15, 0.2) is 21.3 Å². The van der Waals surface area contributed by atoms with Crippen LogP contribution in [0.15, 0.2) is 48.5 Å². The zero-order valence-corrected chi connectivity index (χ0v) is 15.9. The van der Waals surface area contributed by atoms with Crippen LogP contribution in [0, 0.1) is 5.82 Å². The van der Waals surface area contributed by atoms with Crippen molar-refractivity contribution in [3.8, 4) is 11.5 Å². The van der Waals surface area contributed by atoms with Crippen LogP contribution in [0.25, 0.3) is 0 Å². The van der Waals surface area contributed by atoms with Crippen molar-refractivity contribution in [2.24, 2.45) is 0 Å². The summed E-state index contributed by atoms with van der Waals surface area (Å²) in [6, 6.07) is 12.5. The van der Waals surface area contributed by atoms with E-state index in [1.807, 2.05) is 6.07 Å². The lowest BCUT2D eigenvalue weighted by atomic mass is 10.1. The number of carbonyl (C=O) groups excluding carboxylic acids is 1. The van der Waals surface area contributed by atoms with Crippen molar-refractivity contribution in [3.63, 3.8) is 0 Å². The summed E-state index contributed by atoms with van der Waals surface area (Å²) in [6.07, 6.45) is -0.488. The lowest BCUT2D eigenvalue weighted by molar-refractivity contribution is -0.143. The maximum Gasteiger partial charge on any atom is 0.267 e. The molecule has 2 atom stereocenters. The molecule has 1 fully saturated rings. The summed E-state index contributed by atoms with van der Waals surface area (Å²) >= 11 is 0. The van der Waals surface area contributed by atoms with Crippen molar-refractivity contribution in [3.05, 3.63) is 59.9 Å². The SMILES string of the molecule is O=C([C@@H]1COc2ccccc2O1)N(Cc1ccc(F)cc1)[C@H]1CCS(=O)(=O)C1. The first-order valence-corrected chi connectivity index (χ1v) is 10.9. The van der Waals surface area contributed by atoms with Crippen molar-refractivity contribution >= 4 is 15.7 Å². The number of hydrogen-bond donors (Lipinski definition) is 0. The molecular weight excluding hydrogens is 385 g/mol. The summed E-state index contributed by atoms with van der Waals surface area (Å²) in [7, 11) is -3.18. The molecule has 2 aliphatic rings. The second-order valence-corrected chi connectivity index (χ2v) is 9.24. The summed E-state index contributed by atoms with van der Waals surface area (Å²) in [5.74, 6) is 0.319. The summed E-state index contributed by atoms with van der Waals surface area (Å²) in [4.78, 5) is 14.8. The zero-order valence-electron chi connectivity index (χ0n) is 15.1. The monoisotopic (exact) mass is 405 g/mol. The second-order valence-electron chi connectivity index (χ2n) is 7.01. The quantitative estimate of drug-likeness (QED) is 0.780. The maximum atomic E-state index is 13.2. The number of amides is 1. The predicted molar refractivity (Wildman–Crippen MR) is 100 cm³/mol. The normalized spacial score (nSPS) is 22.6. The highest BCUT2D eigenvalue weighted by Gasteiger charge is 2.39. The standard InChI is InChI=1S/C20H20FNO5S/c21-15-7-5-14(6-8-15)11-22(16-9-10-28(24,25)13-16)20(23)19-12-26-17-3-1-2-4-18(17)27-19/h1-8,16,19H,9-13H2/t16-,19-/m0/s1. The van der Waals surface area contributed by atoms with Gasteiger partial charge in [-0.1, -0.05) is 24.3 Å². The van der Waals surface area contributed by atoms with Crippen LogP contribution in [0.1, 0.15) is 12.0 Å². The first-order valence-electron chi connectivity index (χ1n) is 9.05. The number of ether oxygens (including phenoxy) is 2. The van der Waals surface area contributed by atoms with Gasteiger partial charge >= 0.3 is 0 Å². The first kappa shape index (κ1) is 18.7. The van der Waals surface area contributed by atoms with Gasteiger partial charge < -0.3 is 14.4 Å². The van der Waals surface area contributed by atoms with Crippen LogP contribution >= 0.6 is 0 Å². The van der Waals surface area contributed by atoms with Gasteiger partial charge in [0.05, 0.1) is 11.5 Å². The van der Waals surface area contributed by atoms with E-state index in [4.69, 9.17) is 9.47 Å². The number of rotatable bonds is 4. The fraction of sp³-hybridized carbons (Fsp3) is 0.350. The Balaban J connectivity index is 1.57. The van der Waals surface area contributed by atoms with Gasteiger partial charge in [0.25, 0.3) is 5.91 Å². The smallest absolute Gasteiger partial charge is 0.267 e. The molecule has 2 aromatic rings. The van der Waals surface area contributed by atoms with Gasteiger partial charge in [-0.2, -0.15) is 0 Å². The maximum absolute atomic E-state index is 13.2. The Hall–Kier alpha value is -2.61. The topological polar surface area (TPSA) is 72.9 Å². The molecule has 0 bridgehead atoms. The Morgan fingerprint density at radius 2 is 1.82 bits per heavy atom. The second kappa shape index (κ2) is 7.43. The largest absolute Gasteiger partial charge is 0.485 e. The predicted octanol–water partition coefficient (Wildman–Crippen LogP) is 2.18. The number of sulfone groups is 1. The molecule has 0 spiro atoms. The number of carbonyl (C=O) groups is 1. The highest BCUT2D eigenvalue weighted by atomic mass is 32.2. The van der Waals surface area contributed by atoms with Crippen LogP contribution in [-0.2, 0) is 21.2 Å². The summed E-state index contributed by atoms with van der Waals surface area (Å²) in [5.41, 5.74) is 0.719. The molecule has 28 heavy (non-hydrogen) atoms. The van der Waals surface area contributed by atoms with Crippen LogP contribution in [0.5, 0.6) is 11.5 Å². The van der Waals surface area contributed by atoms with Gasteiger partial charge in [0.2, 0.25) is 6.10 Å². The summed E-state index contributed by atoms with van der Waals surface area (Å²) in [6.45, 7) is 0.232. The number of para-hydroxylation sites is 2. The molecule has 0 aliphatic carbocycles. The van der Waals surface area contributed by atoms with Crippen molar-refractivity contribution in [1.82, 2.24) is 4.90 Å². The number of fused-ring (bicyclic) bond motifs is 1. The molecule has 0 N–H and O–H groups in total. The molecule has 0 radical (unpaired) electrons. The van der Waals surface area contributed by atoms with E-state index < -0.39 is 22.0 Å². The first-order chi connectivity index (χ1) is 13.4. The van der Waals surface area contributed by atoms with Gasteiger partial charge in [-0.3, -0.25) is 4.79 Å². The lowest BCUT2D eigenvalue weighted by Crippen LogP contribution is -2.50. The van der Waals surface area contributed by atoms with Crippen molar-refractivity contribution in [2.45, 2.75) is 25.1 Å². The molecule has 2 aliphatic heterocycles. The van der Waals surface area contributed by atoms with Gasteiger partial charge in [0, 0.05) is 12.6 Å². The Kier molecular flexibility index (Phi) is 4.97. The molecule has 0 unspecified atom stereocenters. The van der Waals surface area contributed by atoms with Gasteiger partial charge in [-0.25, -0.2) is 12.8 Å². The molecule has 0 aromatic heterocycles. The minimum Gasteiger partial charge on any atom is -0.485 e. The van der Waals surface area contributed by atoms with E-state index in [1.165, 1.54) is 17.0 Å². The van der Waals surface area contributed by atoms with E-state index >= 15 is 0 Å². The fourth-order valence-electron chi connectivity index (χ4n) is 3.52. The van der Waals surface area contributed by atoms with Crippen LogP contribution in [0.2, 0.25) is 0 Å². The Morgan fingerprint density at radius 1 is 1.11 bits per heavy atom. The number of nitrogens with zero attached hydrogens (tertiary/aromatic N) is 1. The average molecular weight is 405 g/mol. The molecule has 4 rings (SSSR count). The van der Waals surface area contributed by atoms with Crippen LogP contribution < -0.4 is 9.47 Å². The third kappa shape index (κ3) is 3.96. The molecule has 148 valence electrons. The highest BCUT2D eigenvalue weighted by molar-refractivity contribution is 7.91. The van der Waals surface area contributed by atoms with E-state index in [0.29, 0.717) is 17.9 Å². The van der Waals surface area contributed by atoms with E-state index in [1.54, 1.807) is 30.3 Å². The highest BCUT2D eigenvalue weighted by Crippen LogP contribution is 2.32. The van der Waals surface area contributed by atoms with Gasteiger partial charge in [-0.05, 0) is 36.2 Å². The number of hydrogen-bond acceptors (Lipinski definition) is 5. The zero-order chi connectivity index (χ0) is 19.7. The van der Waals surface area contributed by atoms with Crippen molar-refractivity contribution < 1.29 is 27.1 Å². The number of benzene rings is 2. The molecule has 0 saturated carbocycles. The van der Waals surface area contributed by atoms with E-state index in [2.05, 4.69) is 0 Å². The Morgan fingerprint density at radius 3 is 2.50 bits per heavy atom. The van der Waals surface area contributed by atoms with Crippen LogP contribution in [-0.4, -0.2) is 49.5 Å². The van der Waals surface area contributed by atoms with Gasteiger partial charge in [-0.15, -0.1) is 0 Å². The fourth-order valence-corrected chi connectivity index (χ4v) is 5.25. The molecule has 1 amide bonds. The number of halogens is 1. The van der Waals surface area contributed by atoms with E-state index in [-0.39, 0.29) is 36.4 Å². The van der Waals surface area contributed by atoms with Gasteiger partial charge in [0.1, 0.15) is 12.4 Å². The third-order valence-corrected chi connectivity index (χ3v) is 6.73. The van der Waals surface area contributed by atoms with Crippen LogP contribution in [0.4, 0.5) is 4.39 Å². The Bertz CT molecular complexity index is 976. The molecule has 1 saturated heterocycles. The van der Waals surface area contributed by atoms with E-state index in [0.717, 1.165) is 5.56 Å². The molecule has 2 heterocycles. The Labute approximate surface area is 162 Å². The van der Waals surface area contributed by atoms with E-state index in [9.17, 15) is 17.6 Å². The third-order valence-electron chi connectivity index (χ3n) is 4.98. The molecule has 6 nitrogen and oxygen atoms in total. The molecule has 2 aromatic carbocycles. The summed E-state index contributed by atoms with van der Waals surface area (Å²) < 4.78 is 48.6. The van der Waals surface area contributed by atoms with Crippen molar-refractivity contribution in [2.75, 3.05) is 18.1 Å². The van der Waals surface area contributed by atoms with Crippen LogP contribution in [0.3, 0.4) is 0 Å². The average Bonchev–Trinajstić information content (AvgIpc) is 3.06.